The molecule has 2 atom stereocenters. The lowest BCUT2D eigenvalue weighted by molar-refractivity contribution is -0.137. The minimum Gasteiger partial charge on any atom is -0.493 e. The number of carboxylic acids is 1. The predicted molar refractivity (Wildman–Crippen MR) is 108 cm³/mol. The number of hydrogen-bond donors (Lipinski definition) is 2. The lowest BCUT2D eigenvalue weighted by Gasteiger charge is -2.25. The van der Waals surface area contributed by atoms with E-state index in [9.17, 15) is 14.7 Å². The van der Waals surface area contributed by atoms with Crippen molar-refractivity contribution < 1.29 is 24.2 Å². The molecule has 0 aromatic heterocycles. The van der Waals surface area contributed by atoms with Crippen molar-refractivity contribution in [1.29, 1.82) is 0 Å². The first-order chi connectivity index (χ1) is 14.1. The number of hydrogen-bond acceptors (Lipinski definition) is 4. The number of rotatable bonds is 7. The van der Waals surface area contributed by atoms with Gasteiger partial charge in [0.15, 0.2) is 11.5 Å². The number of benzene rings is 2. The van der Waals surface area contributed by atoms with Crippen LogP contribution in [0.25, 0.3) is 0 Å². The third kappa shape index (κ3) is 3.92. The van der Waals surface area contributed by atoms with Crippen LogP contribution in [0.3, 0.4) is 0 Å². The SMILES string of the molecule is COc1ccc(C(CC(=O)O)C2NC(=O)c3ccccc32)cc1OC1CCCC1. The Bertz CT molecular complexity index is 919. The van der Waals surface area contributed by atoms with Gasteiger partial charge in [0.25, 0.3) is 5.91 Å². The number of amides is 1. The standard InChI is InChI=1S/C23H25NO5/c1-28-19-11-10-14(12-20(19)29-15-6-2-3-7-15)18(13-21(25)26)22-16-8-4-5-9-17(16)23(27)24-22/h4-5,8-12,15,18,22H,2-3,6-7,13H2,1H3,(H,24,27)(H,25,26). The number of carbonyl (C=O) groups excluding carboxylic acids is 1. The van der Waals surface area contributed by atoms with Crippen molar-refractivity contribution in [3.63, 3.8) is 0 Å². The highest BCUT2D eigenvalue weighted by molar-refractivity contribution is 5.99. The third-order valence-electron chi connectivity index (χ3n) is 5.84. The maximum absolute atomic E-state index is 12.4. The van der Waals surface area contributed by atoms with Crippen LogP contribution in [-0.2, 0) is 4.79 Å². The van der Waals surface area contributed by atoms with E-state index in [1.54, 1.807) is 13.2 Å². The molecule has 0 spiro atoms. The summed E-state index contributed by atoms with van der Waals surface area (Å²) >= 11 is 0. The van der Waals surface area contributed by atoms with Gasteiger partial charge in [-0.1, -0.05) is 24.3 Å². The summed E-state index contributed by atoms with van der Waals surface area (Å²) < 4.78 is 11.6. The van der Waals surface area contributed by atoms with Gasteiger partial charge >= 0.3 is 5.97 Å². The average molecular weight is 395 g/mol. The van der Waals surface area contributed by atoms with E-state index in [0.29, 0.717) is 17.1 Å². The van der Waals surface area contributed by atoms with E-state index in [2.05, 4.69) is 5.32 Å². The second kappa shape index (κ2) is 8.15. The second-order valence-electron chi connectivity index (χ2n) is 7.68. The number of fused-ring (bicyclic) bond motifs is 1. The number of aliphatic carboxylic acids is 1. The molecule has 6 heteroatoms. The Kier molecular flexibility index (Phi) is 5.43. The van der Waals surface area contributed by atoms with Gasteiger partial charge in [-0.3, -0.25) is 9.59 Å². The minimum atomic E-state index is -0.914. The Morgan fingerprint density at radius 2 is 1.93 bits per heavy atom. The summed E-state index contributed by atoms with van der Waals surface area (Å²) in [6.07, 6.45) is 4.38. The normalized spacial score (nSPS) is 19.5. The fourth-order valence-corrected chi connectivity index (χ4v) is 4.41. The maximum Gasteiger partial charge on any atom is 0.304 e. The number of nitrogens with one attached hydrogen (secondary N) is 1. The van der Waals surface area contributed by atoms with Crippen LogP contribution in [0.1, 0.15) is 65.5 Å². The Labute approximate surface area is 169 Å². The van der Waals surface area contributed by atoms with Gasteiger partial charge in [-0.15, -0.1) is 0 Å². The zero-order chi connectivity index (χ0) is 20.4. The van der Waals surface area contributed by atoms with E-state index >= 15 is 0 Å². The van der Waals surface area contributed by atoms with Gasteiger partial charge < -0.3 is 19.9 Å². The molecule has 0 saturated heterocycles. The van der Waals surface area contributed by atoms with Gasteiger partial charge in [0, 0.05) is 11.5 Å². The van der Waals surface area contributed by atoms with Crippen molar-refractivity contribution in [2.45, 2.75) is 50.2 Å². The number of ether oxygens (including phenoxy) is 2. The van der Waals surface area contributed by atoms with Crippen molar-refractivity contribution in [3.05, 3.63) is 59.2 Å². The molecule has 2 unspecified atom stereocenters. The van der Waals surface area contributed by atoms with Gasteiger partial charge in [-0.2, -0.15) is 0 Å². The maximum atomic E-state index is 12.4. The molecule has 29 heavy (non-hydrogen) atoms. The molecular weight excluding hydrogens is 370 g/mol. The van der Waals surface area contributed by atoms with Gasteiger partial charge in [0.05, 0.1) is 25.7 Å². The van der Waals surface area contributed by atoms with E-state index in [-0.39, 0.29) is 18.4 Å². The fraction of sp³-hybridized carbons (Fsp3) is 0.391. The topological polar surface area (TPSA) is 84.9 Å². The molecule has 2 aromatic rings. The molecule has 1 aliphatic carbocycles. The van der Waals surface area contributed by atoms with Crippen LogP contribution >= 0.6 is 0 Å². The molecule has 6 nitrogen and oxygen atoms in total. The number of carbonyl (C=O) groups is 2. The van der Waals surface area contributed by atoms with Crippen LogP contribution in [0.15, 0.2) is 42.5 Å². The first-order valence-electron chi connectivity index (χ1n) is 10.0. The fourth-order valence-electron chi connectivity index (χ4n) is 4.41. The molecule has 2 N–H and O–H groups in total. The predicted octanol–water partition coefficient (Wildman–Crippen LogP) is 4.06. The molecule has 152 valence electrons. The van der Waals surface area contributed by atoms with Crippen LogP contribution in [0, 0.1) is 0 Å². The van der Waals surface area contributed by atoms with E-state index in [0.717, 1.165) is 36.8 Å². The Hall–Kier alpha value is -3.02. The highest BCUT2D eigenvalue weighted by atomic mass is 16.5. The summed E-state index contributed by atoms with van der Waals surface area (Å²) in [6, 6.07) is 12.5. The molecule has 2 aliphatic rings. The molecule has 4 rings (SSSR count). The average Bonchev–Trinajstić information content (AvgIpc) is 3.34. The first-order valence-corrected chi connectivity index (χ1v) is 10.0. The van der Waals surface area contributed by atoms with Gasteiger partial charge in [0.2, 0.25) is 0 Å². The molecular formula is C23H25NO5. The third-order valence-corrected chi connectivity index (χ3v) is 5.84. The van der Waals surface area contributed by atoms with Crippen molar-refractivity contribution >= 4 is 11.9 Å². The number of carboxylic acid groups (broad SMARTS) is 1. The Morgan fingerprint density at radius 3 is 2.66 bits per heavy atom. The molecule has 0 radical (unpaired) electrons. The van der Waals surface area contributed by atoms with E-state index in [1.165, 1.54) is 0 Å². The lowest BCUT2D eigenvalue weighted by atomic mass is 9.85. The quantitative estimate of drug-likeness (QED) is 0.739. The van der Waals surface area contributed by atoms with Gasteiger partial charge in [0.1, 0.15) is 0 Å². The summed E-state index contributed by atoms with van der Waals surface area (Å²) in [5.41, 5.74) is 2.24. The van der Waals surface area contributed by atoms with E-state index < -0.39 is 17.9 Å². The van der Waals surface area contributed by atoms with Crippen LogP contribution in [-0.4, -0.2) is 30.2 Å². The second-order valence-corrected chi connectivity index (χ2v) is 7.68. The lowest BCUT2D eigenvalue weighted by Crippen LogP contribution is -2.26. The summed E-state index contributed by atoms with van der Waals surface area (Å²) in [7, 11) is 1.60. The highest BCUT2D eigenvalue weighted by Crippen LogP contribution is 2.42. The first kappa shape index (κ1) is 19.3. The monoisotopic (exact) mass is 395 g/mol. The van der Waals surface area contributed by atoms with Crippen LogP contribution < -0.4 is 14.8 Å². The summed E-state index contributed by atoms with van der Waals surface area (Å²) in [5.74, 6) is -0.243. The van der Waals surface area contributed by atoms with Gasteiger partial charge in [-0.25, -0.2) is 0 Å². The van der Waals surface area contributed by atoms with E-state index in [4.69, 9.17) is 9.47 Å². The smallest absolute Gasteiger partial charge is 0.304 e. The Balaban J connectivity index is 1.70. The molecule has 1 amide bonds. The molecule has 2 aromatic carbocycles. The molecule has 1 saturated carbocycles. The summed E-state index contributed by atoms with van der Waals surface area (Å²) in [6.45, 7) is 0. The Morgan fingerprint density at radius 1 is 1.17 bits per heavy atom. The van der Waals surface area contributed by atoms with Crippen LogP contribution in [0.2, 0.25) is 0 Å². The van der Waals surface area contributed by atoms with Crippen LogP contribution in [0.5, 0.6) is 11.5 Å². The zero-order valence-electron chi connectivity index (χ0n) is 16.4. The molecule has 1 fully saturated rings. The van der Waals surface area contributed by atoms with Crippen molar-refractivity contribution in [3.8, 4) is 11.5 Å². The highest BCUT2D eigenvalue weighted by Gasteiger charge is 2.36. The van der Waals surface area contributed by atoms with Crippen molar-refractivity contribution in [1.82, 2.24) is 5.32 Å². The summed E-state index contributed by atoms with van der Waals surface area (Å²) in [4.78, 5) is 24.0. The molecule has 0 bridgehead atoms. The largest absolute Gasteiger partial charge is 0.493 e. The molecule has 1 aliphatic heterocycles. The van der Waals surface area contributed by atoms with Crippen LogP contribution in [0.4, 0.5) is 0 Å². The van der Waals surface area contributed by atoms with Crippen molar-refractivity contribution in [2.75, 3.05) is 7.11 Å². The van der Waals surface area contributed by atoms with Gasteiger partial charge in [-0.05, 0) is 55.0 Å². The molecule has 1 heterocycles. The van der Waals surface area contributed by atoms with E-state index in [1.807, 2.05) is 36.4 Å². The summed E-state index contributed by atoms with van der Waals surface area (Å²) in [5, 5.41) is 12.5. The van der Waals surface area contributed by atoms with Crippen molar-refractivity contribution in [2.24, 2.45) is 0 Å². The minimum absolute atomic E-state index is 0.103. The zero-order valence-corrected chi connectivity index (χ0v) is 16.4. The number of methoxy groups -OCH3 is 1.